The van der Waals surface area contributed by atoms with Crippen LogP contribution in [-0.2, 0) is 9.59 Å². The number of carbonyl (C=O) groups is 2. The molecule has 0 fully saturated rings. The molecule has 3 aromatic rings. The summed E-state index contributed by atoms with van der Waals surface area (Å²) in [6, 6.07) is 19.7. The minimum atomic E-state index is -0.250. The molecule has 4 rings (SSSR count). The molecule has 144 valence electrons. The monoisotopic (exact) mass is 419 g/mol. The summed E-state index contributed by atoms with van der Waals surface area (Å²) >= 11 is 2.71. The number of nitriles is 1. The molecule has 7 heteroatoms. The first-order valence-electron chi connectivity index (χ1n) is 9.03. The standard InChI is InChI=1S/C22H17N3O2S2/c23-12-18-17(19-6-3-9-28-19)11-20(26)25-22(18)29-13-21(27)24-16-8-7-14-4-1-2-5-15(14)10-16/h1-10,17H,11,13H2,(H,24,27)(H,25,26)/t17-/m1/s1. The molecule has 0 aliphatic carbocycles. The van der Waals surface area contributed by atoms with Gasteiger partial charge in [0.25, 0.3) is 0 Å². The summed E-state index contributed by atoms with van der Waals surface area (Å²) in [4.78, 5) is 25.5. The lowest BCUT2D eigenvalue weighted by atomic mass is 9.93. The third-order valence-corrected chi connectivity index (χ3v) is 6.63. The van der Waals surface area contributed by atoms with Gasteiger partial charge in [-0.15, -0.1) is 11.3 Å². The second-order valence-corrected chi connectivity index (χ2v) is 8.54. The van der Waals surface area contributed by atoms with E-state index in [1.807, 2.05) is 60.0 Å². The number of benzene rings is 2. The van der Waals surface area contributed by atoms with Crippen molar-refractivity contribution in [2.24, 2.45) is 0 Å². The fraction of sp³-hybridized carbons (Fsp3) is 0.136. The van der Waals surface area contributed by atoms with Crippen LogP contribution in [-0.4, -0.2) is 17.6 Å². The molecule has 2 heterocycles. The highest BCUT2D eigenvalue weighted by molar-refractivity contribution is 8.03. The first-order valence-corrected chi connectivity index (χ1v) is 10.9. The van der Waals surface area contributed by atoms with Gasteiger partial charge in [0.15, 0.2) is 0 Å². The number of nitrogens with zero attached hydrogens (tertiary/aromatic N) is 1. The van der Waals surface area contributed by atoms with E-state index >= 15 is 0 Å². The van der Waals surface area contributed by atoms with Gasteiger partial charge in [0.2, 0.25) is 11.8 Å². The first kappa shape index (κ1) is 19.2. The number of fused-ring (bicyclic) bond motifs is 1. The molecule has 1 aliphatic rings. The van der Waals surface area contributed by atoms with E-state index < -0.39 is 0 Å². The number of anilines is 1. The van der Waals surface area contributed by atoms with Crippen LogP contribution in [0.1, 0.15) is 17.2 Å². The highest BCUT2D eigenvalue weighted by atomic mass is 32.2. The highest BCUT2D eigenvalue weighted by Crippen LogP contribution is 2.37. The van der Waals surface area contributed by atoms with Gasteiger partial charge in [-0.2, -0.15) is 5.26 Å². The van der Waals surface area contributed by atoms with Crippen molar-refractivity contribution >= 4 is 51.4 Å². The van der Waals surface area contributed by atoms with Crippen molar-refractivity contribution in [1.29, 1.82) is 5.26 Å². The topological polar surface area (TPSA) is 82.0 Å². The van der Waals surface area contributed by atoms with Crippen molar-refractivity contribution in [3.63, 3.8) is 0 Å². The Kier molecular flexibility index (Phi) is 5.65. The third kappa shape index (κ3) is 4.34. The molecule has 2 N–H and O–H groups in total. The lowest BCUT2D eigenvalue weighted by molar-refractivity contribution is -0.121. The van der Waals surface area contributed by atoms with Crippen LogP contribution in [0.3, 0.4) is 0 Å². The van der Waals surface area contributed by atoms with E-state index in [9.17, 15) is 14.9 Å². The molecule has 2 aromatic carbocycles. The van der Waals surface area contributed by atoms with Crippen molar-refractivity contribution < 1.29 is 9.59 Å². The number of thiophene rings is 1. The zero-order chi connectivity index (χ0) is 20.2. The summed E-state index contributed by atoms with van der Waals surface area (Å²) in [7, 11) is 0. The fourth-order valence-electron chi connectivity index (χ4n) is 3.27. The van der Waals surface area contributed by atoms with Crippen LogP contribution in [0, 0.1) is 11.3 Å². The number of nitrogens with one attached hydrogen (secondary N) is 2. The van der Waals surface area contributed by atoms with E-state index in [0.717, 1.165) is 15.6 Å². The second kappa shape index (κ2) is 8.52. The number of thioether (sulfide) groups is 1. The van der Waals surface area contributed by atoms with Crippen molar-refractivity contribution in [2.75, 3.05) is 11.1 Å². The summed E-state index contributed by atoms with van der Waals surface area (Å²) in [6.45, 7) is 0. The molecule has 2 amide bonds. The summed E-state index contributed by atoms with van der Waals surface area (Å²) < 4.78 is 0. The Labute approximate surface area is 176 Å². The summed E-state index contributed by atoms with van der Waals surface area (Å²) in [5.41, 5.74) is 1.23. The van der Waals surface area contributed by atoms with Crippen LogP contribution in [0.4, 0.5) is 5.69 Å². The highest BCUT2D eigenvalue weighted by Gasteiger charge is 2.30. The lowest BCUT2D eigenvalue weighted by Crippen LogP contribution is -2.31. The number of hydrogen-bond donors (Lipinski definition) is 2. The number of allylic oxidation sites excluding steroid dienone is 1. The molecule has 0 saturated heterocycles. The zero-order valence-corrected chi connectivity index (χ0v) is 17.0. The molecule has 1 aromatic heterocycles. The van der Waals surface area contributed by atoms with Crippen LogP contribution in [0.2, 0.25) is 0 Å². The van der Waals surface area contributed by atoms with Crippen LogP contribution in [0.5, 0.6) is 0 Å². The average molecular weight is 420 g/mol. The van der Waals surface area contributed by atoms with Gasteiger partial charge in [0.05, 0.1) is 22.4 Å². The Balaban J connectivity index is 1.46. The quantitative estimate of drug-likeness (QED) is 0.633. The fourth-order valence-corrected chi connectivity index (χ4v) is 4.98. The maximum Gasteiger partial charge on any atom is 0.234 e. The molecule has 0 bridgehead atoms. The van der Waals surface area contributed by atoms with E-state index in [4.69, 9.17) is 0 Å². The maximum atomic E-state index is 12.4. The molecular formula is C22H17N3O2S2. The number of rotatable bonds is 5. The Morgan fingerprint density at radius 2 is 2.03 bits per heavy atom. The van der Waals surface area contributed by atoms with E-state index in [1.54, 1.807) is 0 Å². The molecule has 0 unspecified atom stereocenters. The first-order chi connectivity index (χ1) is 14.1. The second-order valence-electron chi connectivity index (χ2n) is 6.57. The van der Waals surface area contributed by atoms with Gasteiger partial charge in [0, 0.05) is 22.9 Å². The van der Waals surface area contributed by atoms with E-state index in [-0.39, 0.29) is 29.9 Å². The molecular weight excluding hydrogens is 402 g/mol. The minimum Gasteiger partial charge on any atom is -0.325 e. The Morgan fingerprint density at radius 1 is 1.21 bits per heavy atom. The smallest absolute Gasteiger partial charge is 0.234 e. The number of hydrogen-bond acceptors (Lipinski definition) is 5. The van der Waals surface area contributed by atoms with E-state index in [2.05, 4.69) is 16.7 Å². The summed E-state index contributed by atoms with van der Waals surface area (Å²) in [5, 5.41) is 19.8. The van der Waals surface area contributed by atoms with E-state index in [0.29, 0.717) is 16.3 Å². The van der Waals surface area contributed by atoms with Gasteiger partial charge in [-0.1, -0.05) is 48.2 Å². The molecule has 29 heavy (non-hydrogen) atoms. The molecule has 1 aliphatic heterocycles. The van der Waals surface area contributed by atoms with Gasteiger partial charge < -0.3 is 10.6 Å². The van der Waals surface area contributed by atoms with Gasteiger partial charge in [-0.05, 0) is 34.4 Å². The Bertz CT molecular complexity index is 1150. The van der Waals surface area contributed by atoms with Crippen LogP contribution in [0.25, 0.3) is 10.8 Å². The molecule has 0 spiro atoms. The van der Waals surface area contributed by atoms with Crippen molar-refractivity contribution in [2.45, 2.75) is 12.3 Å². The maximum absolute atomic E-state index is 12.4. The Hall–Kier alpha value is -3.08. The predicted molar refractivity (Wildman–Crippen MR) is 117 cm³/mol. The van der Waals surface area contributed by atoms with Gasteiger partial charge in [0.1, 0.15) is 0 Å². The molecule has 5 nitrogen and oxygen atoms in total. The van der Waals surface area contributed by atoms with Crippen molar-refractivity contribution in [3.8, 4) is 6.07 Å². The SMILES string of the molecule is N#CC1=C(SCC(=O)Nc2ccc3ccccc3c2)NC(=O)C[C@H]1c1cccs1. The normalized spacial score (nSPS) is 16.4. The summed E-state index contributed by atoms with van der Waals surface area (Å²) in [5.74, 6) is -0.479. The van der Waals surface area contributed by atoms with Crippen molar-refractivity contribution in [1.82, 2.24) is 5.32 Å². The van der Waals surface area contributed by atoms with E-state index in [1.165, 1.54) is 23.1 Å². The van der Waals surface area contributed by atoms with Crippen LogP contribution < -0.4 is 10.6 Å². The zero-order valence-electron chi connectivity index (χ0n) is 15.3. The lowest BCUT2D eigenvalue weighted by Gasteiger charge is -2.23. The predicted octanol–water partition coefficient (Wildman–Crippen LogP) is 4.61. The Morgan fingerprint density at radius 3 is 2.79 bits per heavy atom. The molecule has 1 atom stereocenters. The number of carbonyl (C=O) groups excluding carboxylic acids is 2. The molecule has 0 radical (unpaired) electrons. The largest absolute Gasteiger partial charge is 0.325 e. The third-order valence-electron chi connectivity index (χ3n) is 4.62. The number of amides is 2. The van der Waals surface area contributed by atoms with Gasteiger partial charge >= 0.3 is 0 Å². The van der Waals surface area contributed by atoms with Crippen LogP contribution in [0.15, 0.2) is 70.6 Å². The summed E-state index contributed by atoms with van der Waals surface area (Å²) in [6.07, 6.45) is 0.247. The minimum absolute atomic E-state index is 0.102. The van der Waals surface area contributed by atoms with Gasteiger partial charge in [-0.3, -0.25) is 9.59 Å². The molecule has 0 saturated carbocycles. The van der Waals surface area contributed by atoms with Crippen molar-refractivity contribution in [3.05, 3.63) is 75.5 Å². The average Bonchev–Trinajstić information content (AvgIpc) is 3.26. The van der Waals surface area contributed by atoms with Gasteiger partial charge in [-0.25, -0.2) is 0 Å². The van der Waals surface area contributed by atoms with Crippen LogP contribution >= 0.6 is 23.1 Å².